The largest absolute Gasteiger partial charge is 0.401 e. The van der Waals surface area contributed by atoms with Crippen LogP contribution in [0.15, 0.2) is 23.2 Å². The highest BCUT2D eigenvalue weighted by atomic mass is 19.4. The Morgan fingerprint density at radius 1 is 1.29 bits per heavy atom. The first-order valence-corrected chi connectivity index (χ1v) is 8.28. The maximum atomic E-state index is 12.2. The number of halogens is 3. The summed E-state index contributed by atoms with van der Waals surface area (Å²) < 4.78 is 36.7. The summed E-state index contributed by atoms with van der Waals surface area (Å²) in [5.41, 5.74) is 9.54. The van der Waals surface area contributed by atoms with Crippen LogP contribution in [-0.4, -0.2) is 43.7 Å². The van der Waals surface area contributed by atoms with Gasteiger partial charge in [0.1, 0.15) is 0 Å². The number of hydrogen-bond donors (Lipinski definition) is 2. The minimum Gasteiger partial charge on any atom is -0.370 e. The van der Waals surface area contributed by atoms with Crippen LogP contribution in [0.1, 0.15) is 30.4 Å². The topological polar surface area (TPSA) is 53.6 Å². The number of nitrogens with two attached hydrogens (primary N) is 1. The van der Waals surface area contributed by atoms with E-state index in [-0.39, 0.29) is 0 Å². The van der Waals surface area contributed by atoms with Gasteiger partial charge in [0.15, 0.2) is 5.96 Å². The molecular weight excluding hydrogens is 317 g/mol. The number of benzene rings is 1. The average molecular weight is 342 g/mol. The smallest absolute Gasteiger partial charge is 0.370 e. The molecule has 0 fully saturated rings. The molecule has 0 unspecified atom stereocenters. The second-order valence-corrected chi connectivity index (χ2v) is 6.25. The Labute approximate surface area is 140 Å². The van der Waals surface area contributed by atoms with E-state index in [2.05, 4.69) is 16.4 Å². The number of hydrogen-bond acceptors (Lipinski definition) is 2. The van der Waals surface area contributed by atoms with E-state index >= 15 is 0 Å². The van der Waals surface area contributed by atoms with E-state index in [1.54, 1.807) is 0 Å². The molecule has 1 aliphatic rings. The Morgan fingerprint density at radius 2 is 2.04 bits per heavy atom. The van der Waals surface area contributed by atoms with Gasteiger partial charge in [-0.15, -0.1) is 0 Å². The molecule has 0 amide bonds. The zero-order valence-electron chi connectivity index (χ0n) is 14.0. The minimum absolute atomic E-state index is 0.312. The lowest BCUT2D eigenvalue weighted by Crippen LogP contribution is -2.32. The van der Waals surface area contributed by atoms with Crippen molar-refractivity contribution in [2.24, 2.45) is 10.7 Å². The van der Waals surface area contributed by atoms with E-state index < -0.39 is 12.7 Å². The van der Waals surface area contributed by atoms with E-state index in [1.165, 1.54) is 35.9 Å². The van der Waals surface area contributed by atoms with Crippen LogP contribution >= 0.6 is 0 Å². The third kappa shape index (κ3) is 6.03. The number of aliphatic imine (C=N–C) groups is 1. The Bertz CT molecular complexity index is 569. The van der Waals surface area contributed by atoms with Crippen LogP contribution in [0.4, 0.5) is 18.9 Å². The molecule has 24 heavy (non-hydrogen) atoms. The van der Waals surface area contributed by atoms with Crippen molar-refractivity contribution in [2.45, 2.75) is 38.3 Å². The van der Waals surface area contributed by atoms with Gasteiger partial charge in [0.2, 0.25) is 0 Å². The van der Waals surface area contributed by atoms with Gasteiger partial charge in [0, 0.05) is 12.2 Å². The van der Waals surface area contributed by atoms with Crippen molar-refractivity contribution in [1.82, 2.24) is 4.90 Å². The molecule has 134 valence electrons. The number of rotatable bonds is 6. The number of anilines is 1. The summed E-state index contributed by atoms with van der Waals surface area (Å²) in [5, 5.41) is 3.13. The minimum atomic E-state index is -4.16. The summed E-state index contributed by atoms with van der Waals surface area (Å²) in [4.78, 5) is 5.45. The Balaban J connectivity index is 1.80. The zero-order chi connectivity index (χ0) is 17.6. The van der Waals surface area contributed by atoms with Gasteiger partial charge in [0.25, 0.3) is 0 Å². The average Bonchev–Trinajstić information content (AvgIpc) is 2.50. The summed E-state index contributed by atoms with van der Waals surface area (Å²) in [6.07, 6.45) is 0.883. The number of guanidine groups is 1. The fraction of sp³-hybridized carbons (Fsp3) is 0.588. The summed E-state index contributed by atoms with van der Waals surface area (Å²) in [7, 11) is 1.45. The predicted molar refractivity (Wildman–Crippen MR) is 91.4 cm³/mol. The number of aryl methyl sites for hydroxylation is 1. The van der Waals surface area contributed by atoms with Gasteiger partial charge in [-0.2, -0.15) is 13.2 Å². The summed E-state index contributed by atoms with van der Waals surface area (Å²) in [6.45, 7) is -0.173. The highest BCUT2D eigenvalue weighted by Gasteiger charge is 2.28. The van der Waals surface area contributed by atoms with E-state index in [1.807, 2.05) is 12.1 Å². The Kier molecular flexibility index (Phi) is 6.48. The van der Waals surface area contributed by atoms with Crippen LogP contribution in [0, 0.1) is 0 Å². The maximum absolute atomic E-state index is 12.2. The Morgan fingerprint density at radius 3 is 2.79 bits per heavy atom. The SMILES string of the molecule is CN(CCCN=C(N)Nc1cccc2c1CCCC2)CC(F)(F)F. The monoisotopic (exact) mass is 342 g/mol. The van der Waals surface area contributed by atoms with Crippen LogP contribution < -0.4 is 11.1 Å². The molecule has 1 aromatic rings. The zero-order valence-corrected chi connectivity index (χ0v) is 14.0. The molecule has 4 nitrogen and oxygen atoms in total. The highest BCUT2D eigenvalue weighted by Crippen LogP contribution is 2.27. The van der Waals surface area contributed by atoms with Crippen molar-refractivity contribution in [3.63, 3.8) is 0 Å². The molecule has 1 aromatic carbocycles. The van der Waals surface area contributed by atoms with Crippen LogP contribution in [0.3, 0.4) is 0 Å². The van der Waals surface area contributed by atoms with Crippen LogP contribution in [0.5, 0.6) is 0 Å². The van der Waals surface area contributed by atoms with Gasteiger partial charge in [-0.3, -0.25) is 9.89 Å². The lowest BCUT2D eigenvalue weighted by molar-refractivity contribution is -0.143. The molecular formula is C17H25F3N4. The second-order valence-electron chi connectivity index (χ2n) is 6.25. The van der Waals surface area contributed by atoms with Crippen molar-refractivity contribution in [1.29, 1.82) is 0 Å². The molecule has 0 heterocycles. The van der Waals surface area contributed by atoms with Gasteiger partial charge < -0.3 is 11.1 Å². The lowest BCUT2D eigenvalue weighted by Gasteiger charge is -2.20. The number of alkyl halides is 3. The third-order valence-corrected chi connectivity index (χ3v) is 4.09. The molecule has 0 saturated carbocycles. The lowest BCUT2D eigenvalue weighted by atomic mass is 9.90. The van der Waals surface area contributed by atoms with Crippen molar-refractivity contribution in [3.05, 3.63) is 29.3 Å². The van der Waals surface area contributed by atoms with Gasteiger partial charge >= 0.3 is 6.18 Å². The molecule has 0 aliphatic heterocycles. The molecule has 0 atom stereocenters. The number of nitrogens with zero attached hydrogens (tertiary/aromatic N) is 2. The maximum Gasteiger partial charge on any atom is 0.401 e. The number of fused-ring (bicyclic) bond motifs is 1. The number of nitrogens with one attached hydrogen (secondary N) is 1. The van der Waals surface area contributed by atoms with Crippen molar-refractivity contribution < 1.29 is 13.2 Å². The molecule has 1 aliphatic carbocycles. The Hall–Kier alpha value is -1.76. The first-order chi connectivity index (χ1) is 11.3. The molecule has 0 saturated heterocycles. The van der Waals surface area contributed by atoms with Gasteiger partial charge in [-0.25, -0.2) is 0 Å². The molecule has 0 bridgehead atoms. The standard InChI is InChI=1S/C17H25F3N4/c1-24(12-17(18,19)20)11-5-10-22-16(21)23-15-9-4-7-13-6-2-3-8-14(13)15/h4,7,9H,2-3,5-6,8,10-12H2,1H3,(H3,21,22,23). The van der Waals surface area contributed by atoms with Crippen molar-refractivity contribution in [2.75, 3.05) is 32.0 Å². The van der Waals surface area contributed by atoms with Gasteiger partial charge in [-0.05, 0) is 62.9 Å². The molecule has 0 aromatic heterocycles. The molecule has 0 spiro atoms. The third-order valence-electron chi connectivity index (χ3n) is 4.09. The summed E-state index contributed by atoms with van der Waals surface area (Å²) >= 11 is 0. The highest BCUT2D eigenvalue weighted by molar-refractivity contribution is 5.93. The first kappa shape index (κ1) is 18.6. The first-order valence-electron chi connectivity index (χ1n) is 8.28. The molecule has 3 N–H and O–H groups in total. The van der Waals surface area contributed by atoms with Gasteiger partial charge in [0.05, 0.1) is 6.54 Å². The van der Waals surface area contributed by atoms with Crippen LogP contribution in [0.2, 0.25) is 0 Å². The van der Waals surface area contributed by atoms with Crippen molar-refractivity contribution >= 4 is 11.6 Å². The molecule has 7 heteroatoms. The van der Waals surface area contributed by atoms with E-state index in [0.29, 0.717) is 25.5 Å². The predicted octanol–water partition coefficient (Wildman–Crippen LogP) is 3.18. The van der Waals surface area contributed by atoms with Crippen LogP contribution in [-0.2, 0) is 12.8 Å². The quantitative estimate of drug-likeness (QED) is 0.474. The van der Waals surface area contributed by atoms with Gasteiger partial charge in [-0.1, -0.05) is 12.1 Å². The van der Waals surface area contributed by atoms with Crippen molar-refractivity contribution in [3.8, 4) is 0 Å². The molecule has 2 rings (SSSR count). The molecule has 0 radical (unpaired) electrons. The fourth-order valence-electron chi connectivity index (χ4n) is 3.00. The summed E-state index contributed by atoms with van der Waals surface area (Å²) in [6, 6.07) is 6.14. The fourth-order valence-corrected chi connectivity index (χ4v) is 3.00. The summed E-state index contributed by atoms with van der Waals surface area (Å²) in [5.74, 6) is 0.312. The second kappa shape index (κ2) is 8.37. The van der Waals surface area contributed by atoms with E-state index in [4.69, 9.17) is 5.73 Å². The van der Waals surface area contributed by atoms with Crippen LogP contribution in [0.25, 0.3) is 0 Å². The van der Waals surface area contributed by atoms with E-state index in [0.717, 1.165) is 18.5 Å². The van der Waals surface area contributed by atoms with E-state index in [9.17, 15) is 13.2 Å². The normalized spacial score (nSPS) is 15.5.